The second kappa shape index (κ2) is 4.20. The highest BCUT2D eigenvalue weighted by molar-refractivity contribution is 6.51. The van der Waals surface area contributed by atoms with Gasteiger partial charge in [-0.1, -0.05) is 46.4 Å². The Labute approximate surface area is 136 Å². The molecular weight excluding hydrogens is 336 g/mol. The maximum Gasteiger partial charge on any atom is 0.141 e. The van der Waals surface area contributed by atoms with E-state index in [1.54, 1.807) is 0 Å². The molecule has 1 heterocycles. The number of alkyl halides is 2. The number of fused-ring (bicyclic) bond motifs is 3. The van der Waals surface area contributed by atoms with Crippen molar-refractivity contribution in [1.29, 1.82) is 0 Å². The van der Waals surface area contributed by atoms with Crippen LogP contribution in [0.2, 0.25) is 10.0 Å². The van der Waals surface area contributed by atoms with Crippen LogP contribution in [0.25, 0.3) is 21.8 Å². The Hall–Kier alpha value is -0.600. The van der Waals surface area contributed by atoms with Gasteiger partial charge in [0.2, 0.25) is 0 Å². The van der Waals surface area contributed by atoms with Crippen molar-refractivity contribution in [3.05, 3.63) is 46.4 Å². The number of benzene rings is 2. The van der Waals surface area contributed by atoms with Crippen molar-refractivity contribution in [1.82, 2.24) is 4.57 Å². The van der Waals surface area contributed by atoms with Gasteiger partial charge in [0.25, 0.3) is 0 Å². The average Bonchev–Trinajstić information content (AvgIpc) is 2.90. The summed E-state index contributed by atoms with van der Waals surface area (Å²) in [5, 5.41) is 3.56. The molecule has 20 heavy (non-hydrogen) atoms. The standard InChI is InChI=1S/C15H9Cl4N/c16-8-1-3-12-10(5-8)11-6-9(17)2-4-13(11)20(12)14-7-15(14,18)19/h1-6,14H,7H2. The Morgan fingerprint density at radius 3 is 1.75 bits per heavy atom. The minimum absolute atomic E-state index is 0.0909. The van der Waals surface area contributed by atoms with Crippen molar-refractivity contribution in [2.75, 3.05) is 0 Å². The Bertz CT molecular complexity index is 791. The van der Waals surface area contributed by atoms with E-state index in [0.717, 1.165) is 28.2 Å². The fraction of sp³-hybridized carbons (Fsp3) is 0.200. The molecule has 1 aliphatic rings. The summed E-state index contributed by atoms with van der Waals surface area (Å²) in [6.07, 6.45) is 0.750. The molecule has 4 rings (SSSR count). The molecule has 1 fully saturated rings. The van der Waals surface area contributed by atoms with E-state index >= 15 is 0 Å². The van der Waals surface area contributed by atoms with Gasteiger partial charge in [0.15, 0.2) is 0 Å². The molecule has 1 unspecified atom stereocenters. The van der Waals surface area contributed by atoms with Crippen LogP contribution in [0.1, 0.15) is 12.5 Å². The highest BCUT2D eigenvalue weighted by Gasteiger charge is 2.53. The number of nitrogens with zero attached hydrogens (tertiary/aromatic N) is 1. The van der Waals surface area contributed by atoms with Gasteiger partial charge in [-0.15, -0.1) is 0 Å². The number of hydrogen-bond donors (Lipinski definition) is 0. The fourth-order valence-corrected chi connectivity index (χ4v) is 3.64. The SMILES string of the molecule is Clc1ccc2c(c1)c1cc(Cl)ccc1n2C1CC1(Cl)Cl. The van der Waals surface area contributed by atoms with Crippen LogP contribution >= 0.6 is 46.4 Å². The quantitative estimate of drug-likeness (QED) is 0.462. The minimum Gasteiger partial charge on any atom is -0.334 e. The average molecular weight is 345 g/mol. The molecule has 3 aromatic rings. The van der Waals surface area contributed by atoms with Gasteiger partial charge in [0, 0.05) is 38.3 Å². The van der Waals surface area contributed by atoms with E-state index in [1.807, 2.05) is 36.4 Å². The van der Waals surface area contributed by atoms with Crippen LogP contribution in [0.5, 0.6) is 0 Å². The first-order valence-corrected chi connectivity index (χ1v) is 7.75. The van der Waals surface area contributed by atoms with Crippen LogP contribution in [0.15, 0.2) is 36.4 Å². The molecule has 1 saturated carbocycles. The fourth-order valence-electron chi connectivity index (χ4n) is 2.81. The van der Waals surface area contributed by atoms with Crippen LogP contribution in [-0.4, -0.2) is 8.90 Å². The first kappa shape index (κ1) is 13.1. The summed E-state index contributed by atoms with van der Waals surface area (Å²) < 4.78 is 1.51. The molecule has 0 bridgehead atoms. The zero-order valence-electron chi connectivity index (χ0n) is 10.2. The number of aromatic nitrogens is 1. The summed E-state index contributed by atoms with van der Waals surface area (Å²) in [5.74, 6) is 0. The predicted octanol–water partition coefficient (Wildman–Crippen LogP) is 6.22. The minimum atomic E-state index is -0.682. The van der Waals surface area contributed by atoms with Gasteiger partial charge in [-0.25, -0.2) is 0 Å². The molecule has 0 N–H and O–H groups in total. The lowest BCUT2D eigenvalue weighted by Crippen LogP contribution is -2.00. The molecule has 2 aromatic carbocycles. The molecule has 1 nitrogen and oxygen atoms in total. The molecule has 0 spiro atoms. The van der Waals surface area contributed by atoms with E-state index in [0.29, 0.717) is 10.0 Å². The highest BCUT2D eigenvalue weighted by Crippen LogP contribution is 2.58. The lowest BCUT2D eigenvalue weighted by atomic mass is 10.1. The summed E-state index contributed by atoms with van der Waals surface area (Å²) in [6, 6.07) is 11.8. The molecule has 102 valence electrons. The predicted molar refractivity (Wildman–Crippen MR) is 87.6 cm³/mol. The Morgan fingerprint density at radius 2 is 1.35 bits per heavy atom. The van der Waals surface area contributed by atoms with Gasteiger partial charge in [-0.05, 0) is 36.4 Å². The van der Waals surface area contributed by atoms with Crippen LogP contribution in [0.4, 0.5) is 0 Å². The van der Waals surface area contributed by atoms with Gasteiger partial charge >= 0.3 is 0 Å². The third kappa shape index (κ3) is 1.84. The molecule has 0 amide bonds. The lowest BCUT2D eigenvalue weighted by molar-refractivity contribution is 0.794. The second-order valence-electron chi connectivity index (χ2n) is 5.17. The normalized spacial score (nSPS) is 20.7. The molecular formula is C15H9Cl4N. The van der Waals surface area contributed by atoms with Gasteiger partial charge in [-0.3, -0.25) is 0 Å². The molecule has 1 aromatic heterocycles. The van der Waals surface area contributed by atoms with E-state index < -0.39 is 4.33 Å². The van der Waals surface area contributed by atoms with Crippen molar-refractivity contribution in [2.45, 2.75) is 16.8 Å². The first-order valence-electron chi connectivity index (χ1n) is 6.24. The van der Waals surface area contributed by atoms with Crippen LogP contribution in [0.3, 0.4) is 0 Å². The molecule has 0 aliphatic heterocycles. The van der Waals surface area contributed by atoms with E-state index in [9.17, 15) is 0 Å². The topological polar surface area (TPSA) is 4.93 Å². The Kier molecular flexibility index (Phi) is 2.75. The van der Waals surface area contributed by atoms with Crippen molar-refractivity contribution < 1.29 is 0 Å². The van der Waals surface area contributed by atoms with Gasteiger partial charge in [0.1, 0.15) is 4.33 Å². The third-order valence-electron chi connectivity index (χ3n) is 3.83. The zero-order chi connectivity index (χ0) is 14.1. The molecule has 1 aliphatic carbocycles. The first-order chi connectivity index (χ1) is 9.47. The highest BCUT2D eigenvalue weighted by atomic mass is 35.5. The Morgan fingerprint density at radius 1 is 0.900 bits per heavy atom. The van der Waals surface area contributed by atoms with Gasteiger partial charge in [-0.2, -0.15) is 0 Å². The van der Waals surface area contributed by atoms with E-state index in [2.05, 4.69) is 4.57 Å². The molecule has 1 atom stereocenters. The summed E-state index contributed by atoms with van der Waals surface area (Å²) in [7, 11) is 0. The van der Waals surface area contributed by atoms with Crippen molar-refractivity contribution in [3.63, 3.8) is 0 Å². The maximum atomic E-state index is 6.25. The molecule has 0 radical (unpaired) electrons. The van der Waals surface area contributed by atoms with Crippen molar-refractivity contribution in [3.8, 4) is 0 Å². The van der Waals surface area contributed by atoms with E-state index in [1.165, 1.54) is 0 Å². The molecule has 0 saturated heterocycles. The maximum absolute atomic E-state index is 6.25. The number of halogens is 4. The zero-order valence-corrected chi connectivity index (χ0v) is 13.2. The number of hydrogen-bond acceptors (Lipinski definition) is 0. The monoisotopic (exact) mass is 343 g/mol. The van der Waals surface area contributed by atoms with Crippen LogP contribution < -0.4 is 0 Å². The summed E-state index contributed by atoms with van der Waals surface area (Å²) in [6.45, 7) is 0. The molecule has 5 heteroatoms. The van der Waals surface area contributed by atoms with E-state index in [4.69, 9.17) is 46.4 Å². The van der Waals surface area contributed by atoms with E-state index in [-0.39, 0.29) is 6.04 Å². The van der Waals surface area contributed by atoms with Crippen LogP contribution in [-0.2, 0) is 0 Å². The summed E-state index contributed by atoms with van der Waals surface area (Å²) in [5.41, 5.74) is 2.17. The second-order valence-corrected chi connectivity index (χ2v) is 7.59. The third-order valence-corrected chi connectivity index (χ3v) is 5.11. The van der Waals surface area contributed by atoms with Gasteiger partial charge < -0.3 is 4.57 Å². The van der Waals surface area contributed by atoms with Gasteiger partial charge in [0.05, 0.1) is 6.04 Å². The summed E-state index contributed by atoms with van der Waals surface area (Å²) >= 11 is 24.8. The summed E-state index contributed by atoms with van der Waals surface area (Å²) in [4.78, 5) is 0. The Balaban J connectivity index is 2.14. The smallest absolute Gasteiger partial charge is 0.141 e. The van der Waals surface area contributed by atoms with Crippen molar-refractivity contribution >= 4 is 68.2 Å². The number of rotatable bonds is 1. The lowest BCUT2D eigenvalue weighted by Gasteiger charge is -2.07. The van der Waals surface area contributed by atoms with Crippen molar-refractivity contribution in [2.24, 2.45) is 0 Å². The largest absolute Gasteiger partial charge is 0.334 e. The van der Waals surface area contributed by atoms with Crippen LogP contribution in [0, 0.1) is 0 Å².